The maximum atomic E-state index is 4.90. The van der Waals surface area contributed by atoms with E-state index in [4.69, 9.17) is 9.97 Å². The Balaban J connectivity index is 0.972. The zero-order chi connectivity index (χ0) is 48.8. The summed E-state index contributed by atoms with van der Waals surface area (Å²) in [6, 6.07) is 24.2. The number of thiazole rings is 2. The van der Waals surface area contributed by atoms with Crippen molar-refractivity contribution >= 4 is 90.7 Å². The molecular formula is C61H76N2S8. The third-order valence-electron chi connectivity index (χ3n) is 14.6. The van der Waals surface area contributed by atoms with E-state index in [9.17, 15) is 0 Å². The van der Waals surface area contributed by atoms with E-state index in [2.05, 4.69) is 123 Å². The molecular weight excluding hydrogens is 1020 g/mol. The van der Waals surface area contributed by atoms with Gasteiger partial charge in [-0.25, -0.2) is 9.97 Å². The highest BCUT2D eigenvalue weighted by Crippen LogP contribution is 2.62. The third kappa shape index (κ3) is 13.3. The van der Waals surface area contributed by atoms with Crippen molar-refractivity contribution in [3.8, 4) is 68.5 Å². The molecule has 8 heterocycles. The van der Waals surface area contributed by atoms with E-state index in [1.54, 1.807) is 20.9 Å². The summed E-state index contributed by atoms with van der Waals surface area (Å²) < 4.78 is 0. The van der Waals surface area contributed by atoms with Crippen LogP contribution in [0.1, 0.15) is 203 Å². The van der Waals surface area contributed by atoms with Crippen LogP contribution >= 0.6 is 90.7 Å². The van der Waals surface area contributed by atoms with Gasteiger partial charge in [-0.3, -0.25) is 0 Å². The first-order chi connectivity index (χ1) is 35.0. The first-order valence-corrected chi connectivity index (χ1v) is 34.1. The molecule has 378 valence electrons. The predicted molar refractivity (Wildman–Crippen MR) is 325 cm³/mol. The molecule has 0 saturated carbocycles. The molecule has 0 atom stereocenters. The van der Waals surface area contributed by atoms with Crippen molar-refractivity contribution in [2.24, 2.45) is 0 Å². The van der Waals surface area contributed by atoms with Crippen LogP contribution in [0, 0.1) is 0 Å². The van der Waals surface area contributed by atoms with Gasteiger partial charge < -0.3 is 0 Å². The average molecular weight is 1090 g/mol. The van der Waals surface area contributed by atoms with Gasteiger partial charge >= 0.3 is 0 Å². The van der Waals surface area contributed by atoms with E-state index in [0.29, 0.717) is 0 Å². The highest BCUT2D eigenvalue weighted by molar-refractivity contribution is 7.31. The number of fused-ring (bicyclic) bond motifs is 3. The van der Waals surface area contributed by atoms with Gasteiger partial charge in [-0.2, -0.15) is 0 Å². The number of aryl methyl sites for hydroxylation is 2. The summed E-state index contributed by atoms with van der Waals surface area (Å²) in [6.45, 7) is 9.26. The fourth-order valence-electron chi connectivity index (χ4n) is 10.6. The maximum absolute atomic E-state index is 4.90. The lowest BCUT2D eigenvalue weighted by Gasteiger charge is -2.31. The fraction of sp³-hybridized carbons (Fsp3) is 0.508. The number of nitrogens with zero attached hydrogens (tertiary/aromatic N) is 2. The number of rotatable bonds is 32. The third-order valence-corrected chi connectivity index (χ3v) is 24.6. The molecule has 0 N–H and O–H groups in total. The molecule has 0 amide bonds. The number of unbranched alkanes of at least 4 members (excludes halogenated alkanes) is 18. The average Bonchev–Trinajstić information content (AvgIpc) is 4.21. The van der Waals surface area contributed by atoms with Gasteiger partial charge in [0.25, 0.3) is 0 Å². The van der Waals surface area contributed by atoms with Gasteiger partial charge in [0.05, 0.1) is 9.75 Å². The van der Waals surface area contributed by atoms with Crippen LogP contribution in [0.5, 0.6) is 0 Å². The van der Waals surface area contributed by atoms with E-state index in [0.717, 1.165) is 12.8 Å². The zero-order valence-corrected chi connectivity index (χ0v) is 49.5. The molecule has 0 radical (unpaired) electrons. The quantitative estimate of drug-likeness (QED) is 0.0393. The second kappa shape index (κ2) is 26.8. The second-order valence-electron chi connectivity index (χ2n) is 20.1. The van der Waals surface area contributed by atoms with Gasteiger partial charge in [0.2, 0.25) is 0 Å². The Kier molecular flexibility index (Phi) is 20.1. The molecule has 0 saturated heterocycles. The van der Waals surface area contributed by atoms with Gasteiger partial charge in [-0.15, -0.1) is 90.7 Å². The molecule has 1 aliphatic rings. The van der Waals surface area contributed by atoms with E-state index >= 15 is 0 Å². The summed E-state index contributed by atoms with van der Waals surface area (Å²) in [5.41, 5.74) is 3.37. The molecule has 0 aliphatic heterocycles. The molecule has 0 bridgehead atoms. The van der Waals surface area contributed by atoms with Crippen molar-refractivity contribution < 1.29 is 0 Å². The SMILES string of the molecule is CCCCCCCCC1(CCCCCCCC)c2cc(-c3ccc(-c4ccc(-c5ncc(CCCCCCC)s5)s4)s3)sc2-c2sc(-c3ccc(-c4ccc(-c5ncc(CCCCCCC)s5)s4)s3)cc21. The van der Waals surface area contributed by atoms with Crippen molar-refractivity contribution in [2.45, 2.75) is 200 Å². The summed E-state index contributed by atoms with van der Waals surface area (Å²) in [6.07, 6.45) is 38.4. The summed E-state index contributed by atoms with van der Waals surface area (Å²) >= 11 is 15.7. The van der Waals surface area contributed by atoms with Crippen LogP contribution in [0.25, 0.3) is 68.5 Å². The minimum Gasteiger partial charge on any atom is -0.243 e. The standard InChI is InChI=1S/C61H76N2S8/c1-5-9-13-17-21-25-37-61(38-26-22-18-14-10-6-2)45-39-55(51-31-29-47(66-51)49-33-35-53(68-49)59-62-41-43(64-59)27-23-19-15-11-7-3)70-57(45)58-46(61)40-56(71-58)52-32-30-48(67-52)50-34-36-54(69-50)60-63-42-44(65-60)28-24-20-16-12-8-4/h29-36,39-42H,5-28,37-38H2,1-4H3. The molecule has 0 aromatic carbocycles. The summed E-state index contributed by atoms with van der Waals surface area (Å²) in [4.78, 5) is 29.6. The van der Waals surface area contributed by atoms with Crippen LogP contribution in [0.4, 0.5) is 0 Å². The minimum absolute atomic E-state index is 0.0826. The molecule has 8 aromatic heterocycles. The zero-order valence-electron chi connectivity index (χ0n) is 43.0. The molecule has 1 aliphatic carbocycles. The Hall–Kier alpha value is -2.54. The molecule has 0 fully saturated rings. The second-order valence-corrected chi connectivity index (χ2v) is 28.7. The maximum Gasteiger partial charge on any atom is 0.133 e. The fourth-order valence-corrected chi connectivity index (χ4v) is 19.6. The van der Waals surface area contributed by atoms with Gasteiger partial charge in [0, 0.05) is 76.3 Å². The topological polar surface area (TPSA) is 25.8 Å². The minimum atomic E-state index is 0.0826. The first kappa shape index (κ1) is 53.3. The van der Waals surface area contributed by atoms with Crippen LogP contribution in [0.2, 0.25) is 0 Å². The van der Waals surface area contributed by atoms with E-state index in [1.807, 2.05) is 68.0 Å². The molecule has 0 spiro atoms. The molecule has 2 nitrogen and oxygen atoms in total. The van der Waals surface area contributed by atoms with Crippen LogP contribution in [0.3, 0.4) is 0 Å². The summed E-state index contributed by atoms with van der Waals surface area (Å²) in [5, 5.41) is 2.36. The highest BCUT2D eigenvalue weighted by Gasteiger charge is 2.45. The number of hydrogen-bond donors (Lipinski definition) is 0. The number of thiophene rings is 6. The monoisotopic (exact) mass is 1090 g/mol. The van der Waals surface area contributed by atoms with Crippen LogP contribution in [0.15, 0.2) is 73.1 Å². The van der Waals surface area contributed by atoms with Crippen molar-refractivity contribution in [2.75, 3.05) is 0 Å². The number of aromatic nitrogens is 2. The Bertz CT molecular complexity index is 2630. The van der Waals surface area contributed by atoms with Crippen LogP contribution < -0.4 is 0 Å². The highest BCUT2D eigenvalue weighted by atomic mass is 32.1. The Labute approximate surface area is 459 Å². The van der Waals surface area contributed by atoms with Gasteiger partial charge in [0.1, 0.15) is 10.0 Å². The number of hydrogen-bond acceptors (Lipinski definition) is 10. The van der Waals surface area contributed by atoms with Crippen LogP contribution in [-0.2, 0) is 18.3 Å². The van der Waals surface area contributed by atoms with E-state index in [1.165, 1.54) is 223 Å². The first-order valence-electron chi connectivity index (χ1n) is 27.6. The predicted octanol–water partition coefficient (Wildman–Crippen LogP) is 23.8. The molecule has 71 heavy (non-hydrogen) atoms. The summed E-state index contributed by atoms with van der Waals surface area (Å²) in [5.74, 6) is 0. The van der Waals surface area contributed by atoms with Crippen LogP contribution in [-0.4, -0.2) is 9.97 Å². The Morgan fingerprint density at radius 2 is 0.634 bits per heavy atom. The molecule has 8 aromatic rings. The Morgan fingerprint density at radius 1 is 0.324 bits per heavy atom. The summed E-state index contributed by atoms with van der Waals surface area (Å²) in [7, 11) is 0. The lowest BCUT2D eigenvalue weighted by Crippen LogP contribution is -2.25. The van der Waals surface area contributed by atoms with Gasteiger partial charge in [-0.05, 0) is 110 Å². The van der Waals surface area contributed by atoms with Crippen molar-refractivity contribution in [3.05, 3.63) is 93.9 Å². The van der Waals surface area contributed by atoms with E-state index < -0.39 is 0 Å². The normalized spacial score (nSPS) is 13.0. The molecule has 9 rings (SSSR count). The largest absolute Gasteiger partial charge is 0.243 e. The van der Waals surface area contributed by atoms with Gasteiger partial charge in [0.15, 0.2) is 0 Å². The van der Waals surface area contributed by atoms with Crippen molar-refractivity contribution in [1.29, 1.82) is 0 Å². The Morgan fingerprint density at radius 3 is 1.01 bits per heavy atom. The van der Waals surface area contributed by atoms with Crippen molar-refractivity contribution in [1.82, 2.24) is 9.97 Å². The van der Waals surface area contributed by atoms with Gasteiger partial charge in [-0.1, -0.05) is 156 Å². The lowest BCUT2D eigenvalue weighted by molar-refractivity contribution is 0.399. The lowest BCUT2D eigenvalue weighted by atomic mass is 9.71. The molecule has 10 heteroatoms. The molecule has 0 unspecified atom stereocenters. The van der Waals surface area contributed by atoms with E-state index in [-0.39, 0.29) is 5.41 Å². The van der Waals surface area contributed by atoms with Crippen molar-refractivity contribution in [3.63, 3.8) is 0 Å². The smallest absolute Gasteiger partial charge is 0.133 e.